The van der Waals surface area contributed by atoms with Crippen LogP contribution in [0.5, 0.6) is 0 Å². The van der Waals surface area contributed by atoms with Crippen LogP contribution in [0.15, 0.2) is 54.6 Å². The number of benzene rings is 2. The zero-order valence-corrected chi connectivity index (χ0v) is 21.5. The quantitative estimate of drug-likeness (QED) is 0.520. The summed E-state index contributed by atoms with van der Waals surface area (Å²) in [6, 6.07) is 13.7. The van der Waals surface area contributed by atoms with E-state index in [4.69, 9.17) is 14.2 Å². The van der Waals surface area contributed by atoms with E-state index in [0.717, 1.165) is 23.3 Å². The predicted octanol–water partition coefficient (Wildman–Crippen LogP) is 5.58. The number of cyclic esters (lactones) is 1. The molecule has 0 spiro atoms. The third-order valence-corrected chi connectivity index (χ3v) is 6.20. The number of rotatable bonds is 5. The number of nitrogens with one attached hydrogen (secondary N) is 1. The van der Waals surface area contributed by atoms with E-state index in [-0.39, 0.29) is 25.0 Å². The van der Waals surface area contributed by atoms with Gasteiger partial charge in [-0.15, -0.1) is 0 Å². The first-order chi connectivity index (χ1) is 17.3. The number of amides is 1. The third kappa shape index (κ3) is 8.77. The summed E-state index contributed by atoms with van der Waals surface area (Å²) in [5.41, 5.74) is 0.311. The van der Waals surface area contributed by atoms with Gasteiger partial charge in [0.25, 0.3) is 0 Å². The van der Waals surface area contributed by atoms with Gasteiger partial charge in [0.05, 0.1) is 18.8 Å². The zero-order chi connectivity index (χ0) is 27.2. The summed E-state index contributed by atoms with van der Waals surface area (Å²) in [4.78, 5) is 25.2. The molecule has 1 heterocycles. The maximum atomic E-state index is 13.0. The molecule has 9 heteroatoms. The Morgan fingerprint density at radius 1 is 0.973 bits per heavy atom. The van der Waals surface area contributed by atoms with Gasteiger partial charge in [0, 0.05) is 5.92 Å². The van der Waals surface area contributed by atoms with Crippen LogP contribution in [0, 0.1) is 11.8 Å². The lowest BCUT2D eigenvalue weighted by Crippen LogP contribution is -2.47. The summed E-state index contributed by atoms with van der Waals surface area (Å²) in [6.07, 6.45) is -4.70. The molecule has 2 aromatic carbocycles. The van der Waals surface area contributed by atoms with E-state index in [1.807, 2.05) is 30.3 Å². The average molecular weight is 522 g/mol. The first-order valence-electron chi connectivity index (χ1n) is 12.3. The number of halogens is 3. The standard InChI is InChI=1S/C28H34F3NO5/c1-18-23(15-19-8-6-5-7-9-19)21(14-20-10-12-22(13-11-20)28(29,30)31)16-35-17-24(25(33)36-18)32-26(34)37-27(2,3)4/h5-13,18,21,23-24H,14-17H2,1-4H3,(H,32,34)/t18-,21-,23-,24-/m0/s1. The van der Waals surface area contributed by atoms with E-state index in [2.05, 4.69) is 5.32 Å². The van der Waals surface area contributed by atoms with E-state index in [1.165, 1.54) is 12.1 Å². The summed E-state index contributed by atoms with van der Waals surface area (Å²) < 4.78 is 56.0. The first kappa shape index (κ1) is 28.5. The van der Waals surface area contributed by atoms with Crippen LogP contribution < -0.4 is 5.32 Å². The second-order valence-corrected chi connectivity index (χ2v) is 10.4. The van der Waals surface area contributed by atoms with Gasteiger partial charge >= 0.3 is 18.2 Å². The van der Waals surface area contributed by atoms with Crippen molar-refractivity contribution in [2.75, 3.05) is 13.2 Å². The van der Waals surface area contributed by atoms with Crippen molar-refractivity contribution in [2.45, 2.75) is 64.5 Å². The van der Waals surface area contributed by atoms with Crippen molar-refractivity contribution >= 4 is 12.1 Å². The van der Waals surface area contributed by atoms with E-state index < -0.39 is 41.5 Å². The van der Waals surface area contributed by atoms with Crippen molar-refractivity contribution in [1.82, 2.24) is 5.32 Å². The Kier molecular flexibility index (Phi) is 9.23. The first-order valence-corrected chi connectivity index (χ1v) is 12.3. The monoisotopic (exact) mass is 521 g/mol. The van der Waals surface area contributed by atoms with Crippen LogP contribution in [0.1, 0.15) is 44.4 Å². The van der Waals surface area contributed by atoms with E-state index in [1.54, 1.807) is 27.7 Å². The fourth-order valence-electron chi connectivity index (χ4n) is 4.38. The predicted molar refractivity (Wildman–Crippen MR) is 132 cm³/mol. The molecule has 0 aliphatic carbocycles. The van der Waals surface area contributed by atoms with Crippen molar-refractivity contribution < 1.29 is 37.0 Å². The molecule has 0 saturated carbocycles. The Bertz CT molecular complexity index is 1030. The topological polar surface area (TPSA) is 73.9 Å². The fourth-order valence-corrected chi connectivity index (χ4v) is 4.38. The number of alkyl halides is 3. The molecule has 4 atom stereocenters. The molecule has 1 aliphatic heterocycles. The third-order valence-electron chi connectivity index (χ3n) is 6.20. The van der Waals surface area contributed by atoms with Gasteiger partial charge < -0.3 is 19.5 Å². The van der Waals surface area contributed by atoms with Crippen molar-refractivity contribution in [3.8, 4) is 0 Å². The zero-order valence-electron chi connectivity index (χ0n) is 21.5. The Balaban J connectivity index is 1.82. The Morgan fingerprint density at radius 3 is 2.19 bits per heavy atom. The van der Waals surface area contributed by atoms with E-state index >= 15 is 0 Å². The smallest absolute Gasteiger partial charge is 0.416 e. The van der Waals surface area contributed by atoms with Gasteiger partial charge in [0.1, 0.15) is 11.7 Å². The highest BCUT2D eigenvalue weighted by Gasteiger charge is 2.36. The van der Waals surface area contributed by atoms with Crippen molar-refractivity contribution in [3.05, 3.63) is 71.3 Å². The molecule has 37 heavy (non-hydrogen) atoms. The molecule has 0 unspecified atom stereocenters. The molecule has 3 rings (SSSR count). The number of hydrogen-bond acceptors (Lipinski definition) is 5. The van der Waals surface area contributed by atoms with Gasteiger partial charge in [-0.1, -0.05) is 42.5 Å². The fraction of sp³-hybridized carbons (Fsp3) is 0.500. The number of hydrogen-bond donors (Lipinski definition) is 1. The molecule has 1 aliphatic rings. The van der Waals surface area contributed by atoms with Crippen LogP contribution in [0.25, 0.3) is 0 Å². The summed E-state index contributed by atoms with van der Waals surface area (Å²) in [6.45, 7) is 7.05. The molecular weight excluding hydrogens is 487 g/mol. The Hall–Kier alpha value is -3.07. The average Bonchev–Trinajstić information content (AvgIpc) is 2.84. The molecule has 6 nitrogen and oxygen atoms in total. The van der Waals surface area contributed by atoms with Gasteiger partial charge in [0.15, 0.2) is 6.04 Å². The highest BCUT2D eigenvalue weighted by Crippen LogP contribution is 2.32. The molecule has 1 saturated heterocycles. The van der Waals surface area contributed by atoms with Crippen molar-refractivity contribution in [1.29, 1.82) is 0 Å². The van der Waals surface area contributed by atoms with Crippen LogP contribution in [0.3, 0.4) is 0 Å². The number of carbonyl (C=O) groups excluding carboxylic acids is 2. The van der Waals surface area contributed by atoms with Crippen molar-refractivity contribution in [3.63, 3.8) is 0 Å². The second-order valence-electron chi connectivity index (χ2n) is 10.4. The summed E-state index contributed by atoms with van der Waals surface area (Å²) in [5.74, 6) is -0.986. The molecule has 0 radical (unpaired) electrons. The molecule has 1 amide bonds. The van der Waals surface area contributed by atoms with Gasteiger partial charge in [-0.2, -0.15) is 13.2 Å². The van der Waals surface area contributed by atoms with Crippen LogP contribution in [0.4, 0.5) is 18.0 Å². The lowest BCUT2D eigenvalue weighted by Gasteiger charge is -2.31. The SMILES string of the molecule is C[C@@H]1OC(=O)[C@@H](NC(=O)OC(C)(C)C)COC[C@H](Cc2ccc(C(F)(F)F)cc2)[C@H]1Cc1ccccc1. The molecular formula is C28H34F3NO5. The molecule has 1 N–H and O–H groups in total. The minimum absolute atomic E-state index is 0.119. The van der Waals surface area contributed by atoms with Gasteiger partial charge in [-0.25, -0.2) is 9.59 Å². The number of esters is 1. The minimum Gasteiger partial charge on any atom is -0.461 e. The lowest BCUT2D eigenvalue weighted by atomic mass is 9.80. The number of carbonyl (C=O) groups is 2. The maximum absolute atomic E-state index is 13.0. The maximum Gasteiger partial charge on any atom is 0.416 e. The van der Waals surface area contributed by atoms with Gasteiger partial charge in [-0.05, 0) is 69.7 Å². The Morgan fingerprint density at radius 2 is 1.59 bits per heavy atom. The summed E-state index contributed by atoms with van der Waals surface area (Å²) >= 11 is 0. The van der Waals surface area contributed by atoms with Crippen LogP contribution in [-0.4, -0.2) is 43.0 Å². The van der Waals surface area contributed by atoms with Gasteiger partial charge in [0.2, 0.25) is 0 Å². The van der Waals surface area contributed by atoms with Crippen LogP contribution >= 0.6 is 0 Å². The van der Waals surface area contributed by atoms with E-state index in [9.17, 15) is 22.8 Å². The van der Waals surface area contributed by atoms with E-state index in [0.29, 0.717) is 12.8 Å². The molecule has 202 valence electrons. The van der Waals surface area contributed by atoms with Crippen molar-refractivity contribution in [2.24, 2.45) is 11.8 Å². The summed E-state index contributed by atoms with van der Waals surface area (Å²) in [7, 11) is 0. The van der Waals surface area contributed by atoms with Crippen LogP contribution in [-0.2, 0) is 38.0 Å². The normalized spacial score (nSPS) is 23.3. The highest BCUT2D eigenvalue weighted by atomic mass is 19.4. The van der Waals surface area contributed by atoms with Gasteiger partial charge in [-0.3, -0.25) is 0 Å². The largest absolute Gasteiger partial charge is 0.461 e. The molecule has 2 aromatic rings. The number of ether oxygens (including phenoxy) is 3. The summed E-state index contributed by atoms with van der Waals surface area (Å²) in [5, 5.41) is 2.52. The molecule has 0 aromatic heterocycles. The molecule has 1 fully saturated rings. The highest BCUT2D eigenvalue weighted by molar-refractivity contribution is 5.81. The molecule has 0 bridgehead atoms. The second kappa shape index (κ2) is 12.0. The Labute approximate surface area is 215 Å². The lowest BCUT2D eigenvalue weighted by molar-refractivity contribution is -0.154. The minimum atomic E-state index is -4.41. The van der Waals surface area contributed by atoms with Crippen LogP contribution in [0.2, 0.25) is 0 Å². The number of alkyl carbamates (subject to hydrolysis) is 1.